The number of aryl methyl sites for hydroxylation is 1. The quantitative estimate of drug-likeness (QED) is 0.904. The third-order valence-corrected chi connectivity index (χ3v) is 6.66. The standard InChI is InChI=1S/C20H28O3/c1-13-15(6-5-14-8-10-23-12-14)20(4)9-7-18(22)19(2,3)17(20)11-16(13)21/h8,10,12,17-18,22H,5-7,9,11H2,1-4H3/t17-,18-,20-/m1/s1. The Morgan fingerprint density at radius 1 is 1.30 bits per heavy atom. The minimum atomic E-state index is -0.318. The molecule has 3 rings (SSSR count). The highest BCUT2D eigenvalue weighted by Crippen LogP contribution is 2.59. The molecule has 2 aliphatic carbocycles. The topological polar surface area (TPSA) is 50.4 Å². The zero-order chi connectivity index (χ0) is 16.8. The van der Waals surface area contributed by atoms with Crippen LogP contribution in [0.1, 0.15) is 58.9 Å². The molecule has 0 radical (unpaired) electrons. The van der Waals surface area contributed by atoms with Crippen LogP contribution in [0.15, 0.2) is 34.2 Å². The maximum absolute atomic E-state index is 12.6. The highest BCUT2D eigenvalue weighted by molar-refractivity contribution is 5.97. The van der Waals surface area contributed by atoms with Crippen LogP contribution in [0, 0.1) is 16.7 Å². The maximum atomic E-state index is 12.6. The van der Waals surface area contributed by atoms with Gasteiger partial charge in [0.15, 0.2) is 5.78 Å². The molecule has 3 atom stereocenters. The van der Waals surface area contributed by atoms with Crippen LogP contribution < -0.4 is 0 Å². The molecule has 3 heteroatoms. The van der Waals surface area contributed by atoms with Crippen molar-refractivity contribution >= 4 is 5.78 Å². The van der Waals surface area contributed by atoms with Gasteiger partial charge in [0.2, 0.25) is 0 Å². The van der Waals surface area contributed by atoms with Gasteiger partial charge < -0.3 is 9.52 Å². The van der Waals surface area contributed by atoms with E-state index in [1.54, 1.807) is 12.5 Å². The minimum absolute atomic E-state index is 0.0183. The number of hydrogen-bond acceptors (Lipinski definition) is 3. The Balaban J connectivity index is 1.95. The number of allylic oxidation sites excluding steroid dienone is 2. The Bertz CT molecular complexity index is 623. The van der Waals surface area contributed by atoms with Crippen LogP contribution in [0.3, 0.4) is 0 Å². The van der Waals surface area contributed by atoms with Crippen molar-refractivity contribution < 1.29 is 14.3 Å². The van der Waals surface area contributed by atoms with Crippen molar-refractivity contribution in [2.75, 3.05) is 0 Å². The van der Waals surface area contributed by atoms with Crippen LogP contribution >= 0.6 is 0 Å². The van der Waals surface area contributed by atoms with Gasteiger partial charge in [0.1, 0.15) is 0 Å². The molecular weight excluding hydrogens is 288 g/mol. The molecule has 1 aromatic heterocycles. The van der Waals surface area contributed by atoms with E-state index in [4.69, 9.17) is 4.42 Å². The van der Waals surface area contributed by atoms with Crippen LogP contribution in [0.2, 0.25) is 0 Å². The van der Waals surface area contributed by atoms with Gasteiger partial charge in [-0.15, -0.1) is 0 Å². The molecule has 0 unspecified atom stereocenters. The van der Waals surface area contributed by atoms with Crippen molar-refractivity contribution in [1.82, 2.24) is 0 Å². The summed E-state index contributed by atoms with van der Waals surface area (Å²) < 4.78 is 5.17. The summed E-state index contributed by atoms with van der Waals surface area (Å²) >= 11 is 0. The number of hydrogen-bond donors (Lipinski definition) is 1. The molecule has 126 valence electrons. The summed E-state index contributed by atoms with van der Waals surface area (Å²) in [6.45, 7) is 8.56. The predicted molar refractivity (Wildman–Crippen MR) is 90.0 cm³/mol. The lowest BCUT2D eigenvalue weighted by atomic mass is 9.49. The molecule has 0 bridgehead atoms. The zero-order valence-corrected chi connectivity index (χ0v) is 14.7. The van der Waals surface area contributed by atoms with E-state index >= 15 is 0 Å². The van der Waals surface area contributed by atoms with Gasteiger partial charge >= 0.3 is 0 Å². The Morgan fingerprint density at radius 3 is 2.70 bits per heavy atom. The highest BCUT2D eigenvalue weighted by atomic mass is 16.3. The second kappa shape index (κ2) is 5.62. The van der Waals surface area contributed by atoms with Gasteiger partial charge in [-0.1, -0.05) is 26.3 Å². The van der Waals surface area contributed by atoms with Gasteiger partial charge in [0.25, 0.3) is 0 Å². The lowest BCUT2D eigenvalue weighted by molar-refractivity contribution is -0.129. The third-order valence-electron chi connectivity index (χ3n) is 6.66. The fourth-order valence-electron chi connectivity index (χ4n) is 5.00. The highest BCUT2D eigenvalue weighted by Gasteiger charge is 2.55. The average molecular weight is 316 g/mol. The monoisotopic (exact) mass is 316 g/mol. The SMILES string of the molecule is CC1=C(CCc2ccoc2)[C@@]2(C)CC[C@@H](O)C(C)(C)[C@H]2CC1=O. The first-order valence-corrected chi connectivity index (χ1v) is 8.69. The number of carbonyl (C=O) groups excluding carboxylic acids is 1. The van der Waals surface area contributed by atoms with E-state index in [1.807, 2.05) is 13.0 Å². The number of furan rings is 1. The third kappa shape index (κ3) is 2.59. The Kier molecular flexibility index (Phi) is 4.04. The molecule has 1 N–H and O–H groups in total. The van der Waals surface area contributed by atoms with Gasteiger partial charge in [0.05, 0.1) is 18.6 Å². The molecule has 1 fully saturated rings. The number of rotatable bonds is 3. The summed E-state index contributed by atoms with van der Waals surface area (Å²) in [5, 5.41) is 10.5. The van der Waals surface area contributed by atoms with Crippen molar-refractivity contribution in [3.63, 3.8) is 0 Å². The van der Waals surface area contributed by atoms with Crippen LogP contribution in [0.25, 0.3) is 0 Å². The normalized spacial score (nSPS) is 33.7. The van der Waals surface area contributed by atoms with Gasteiger partial charge in [-0.3, -0.25) is 4.79 Å². The van der Waals surface area contributed by atoms with E-state index in [2.05, 4.69) is 20.8 Å². The Morgan fingerprint density at radius 2 is 2.04 bits per heavy atom. The molecule has 0 aliphatic heterocycles. The minimum Gasteiger partial charge on any atom is -0.472 e. The van der Waals surface area contributed by atoms with Crippen LogP contribution in [0.5, 0.6) is 0 Å². The van der Waals surface area contributed by atoms with E-state index < -0.39 is 0 Å². The lowest BCUT2D eigenvalue weighted by Crippen LogP contribution is -2.53. The van der Waals surface area contributed by atoms with E-state index in [1.165, 1.54) is 11.1 Å². The van der Waals surface area contributed by atoms with Crippen molar-refractivity contribution in [2.45, 2.75) is 65.9 Å². The van der Waals surface area contributed by atoms with Crippen molar-refractivity contribution in [1.29, 1.82) is 0 Å². The number of fused-ring (bicyclic) bond motifs is 1. The molecule has 1 aromatic rings. The summed E-state index contributed by atoms with van der Waals surface area (Å²) in [5.74, 6) is 0.478. The molecule has 23 heavy (non-hydrogen) atoms. The van der Waals surface area contributed by atoms with Crippen molar-refractivity contribution in [3.8, 4) is 0 Å². The Hall–Kier alpha value is -1.35. The summed E-state index contributed by atoms with van der Waals surface area (Å²) in [6.07, 6.45) is 7.33. The molecule has 0 saturated heterocycles. The van der Waals surface area contributed by atoms with E-state index in [-0.39, 0.29) is 28.6 Å². The number of aliphatic hydroxyl groups is 1. The van der Waals surface area contributed by atoms with Crippen LogP contribution in [0.4, 0.5) is 0 Å². The number of ketones is 1. The van der Waals surface area contributed by atoms with Crippen LogP contribution in [-0.2, 0) is 11.2 Å². The molecule has 1 heterocycles. The van der Waals surface area contributed by atoms with Gasteiger partial charge in [-0.2, -0.15) is 0 Å². The predicted octanol–water partition coefficient (Wildman–Crippen LogP) is 4.30. The molecule has 0 amide bonds. The number of carbonyl (C=O) groups is 1. The van der Waals surface area contributed by atoms with E-state index in [9.17, 15) is 9.90 Å². The first-order valence-electron chi connectivity index (χ1n) is 8.69. The lowest BCUT2D eigenvalue weighted by Gasteiger charge is -2.56. The molecule has 0 spiro atoms. The van der Waals surface area contributed by atoms with E-state index in [0.717, 1.165) is 31.3 Å². The van der Waals surface area contributed by atoms with E-state index in [0.29, 0.717) is 6.42 Å². The molecular formula is C20H28O3. The smallest absolute Gasteiger partial charge is 0.158 e. The molecule has 0 aromatic carbocycles. The second-order valence-electron chi connectivity index (χ2n) is 8.21. The van der Waals surface area contributed by atoms with Gasteiger partial charge in [-0.05, 0) is 66.6 Å². The second-order valence-corrected chi connectivity index (χ2v) is 8.21. The first-order chi connectivity index (χ1) is 10.8. The first kappa shape index (κ1) is 16.5. The molecule has 3 nitrogen and oxygen atoms in total. The largest absolute Gasteiger partial charge is 0.472 e. The fraction of sp³-hybridized carbons (Fsp3) is 0.650. The Labute approximate surface area is 138 Å². The molecule has 1 saturated carbocycles. The number of Topliss-reactive ketones (excluding diaryl/α,β-unsaturated/α-hetero) is 1. The van der Waals surface area contributed by atoms with Crippen LogP contribution in [-0.4, -0.2) is 17.0 Å². The number of aliphatic hydroxyl groups excluding tert-OH is 1. The summed E-state index contributed by atoms with van der Waals surface area (Å²) in [4.78, 5) is 12.6. The van der Waals surface area contributed by atoms with Gasteiger partial charge in [0, 0.05) is 6.42 Å². The maximum Gasteiger partial charge on any atom is 0.158 e. The summed E-state index contributed by atoms with van der Waals surface area (Å²) in [6, 6.07) is 1.99. The van der Waals surface area contributed by atoms with Gasteiger partial charge in [-0.25, -0.2) is 0 Å². The van der Waals surface area contributed by atoms with Crippen molar-refractivity contribution in [3.05, 3.63) is 35.3 Å². The summed E-state index contributed by atoms with van der Waals surface area (Å²) in [7, 11) is 0. The zero-order valence-electron chi connectivity index (χ0n) is 14.7. The fourth-order valence-corrected chi connectivity index (χ4v) is 5.00. The molecule has 2 aliphatic rings. The summed E-state index contributed by atoms with van der Waals surface area (Å²) in [5.41, 5.74) is 3.24. The van der Waals surface area contributed by atoms with Crippen molar-refractivity contribution in [2.24, 2.45) is 16.7 Å². The average Bonchev–Trinajstić information content (AvgIpc) is 3.00.